The normalized spacial score (nSPS) is 16.5. The van der Waals surface area contributed by atoms with E-state index in [0.717, 1.165) is 19.0 Å². The van der Waals surface area contributed by atoms with Crippen molar-refractivity contribution in [1.82, 2.24) is 9.88 Å². The molecule has 1 aromatic heterocycles. The van der Waals surface area contributed by atoms with E-state index in [0.29, 0.717) is 0 Å². The topological polar surface area (TPSA) is 16.1 Å². The fraction of sp³-hybridized carbons (Fsp3) is 0.545. The molecule has 2 heteroatoms. The van der Waals surface area contributed by atoms with Gasteiger partial charge in [0, 0.05) is 32.0 Å². The van der Waals surface area contributed by atoms with Crippen molar-refractivity contribution in [2.75, 3.05) is 6.54 Å². The lowest BCUT2D eigenvalue weighted by atomic mass is 10.2. The van der Waals surface area contributed by atoms with Gasteiger partial charge in [-0.2, -0.15) is 0 Å². The molecular formula is C11H16N2. The van der Waals surface area contributed by atoms with Crippen molar-refractivity contribution in [2.45, 2.75) is 26.9 Å². The Kier molecular flexibility index (Phi) is 2.32. The highest BCUT2D eigenvalue weighted by Gasteiger charge is 2.18. The number of hydrogen-bond donors (Lipinski definition) is 0. The van der Waals surface area contributed by atoms with Gasteiger partial charge in [0.05, 0.1) is 0 Å². The second kappa shape index (κ2) is 3.46. The minimum Gasteiger partial charge on any atom is -0.294 e. The summed E-state index contributed by atoms with van der Waals surface area (Å²) in [4.78, 5) is 6.63. The molecule has 2 rings (SSSR count). The zero-order valence-corrected chi connectivity index (χ0v) is 8.33. The van der Waals surface area contributed by atoms with E-state index in [9.17, 15) is 0 Å². The fourth-order valence-electron chi connectivity index (χ4n) is 1.94. The monoisotopic (exact) mass is 176 g/mol. The summed E-state index contributed by atoms with van der Waals surface area (Å²) in [5.74, 6) is 0.752. The Morgan fingerprint density at radius 1 is 1.38 bits per heavy atom. The van der Waals surface area contributed by atoms with Crippen molar-refractivity contribution in [1.29, 1.82) is 0 Å². The zero-order valence-electron chi connectivity index (χ0n) is 8.33. The molecule has 0 atom stereocenters. The average Bonchev–Trinajstić information content (AvgIpc) is 2.44. The molecule has 0 aromatic carbocycles. The van der Waals surface area contributed by atoms with Gasteiger partial charge in [0.1, 0.15) is 0 Å². The van der Waals surface area contributed by atoms with Crippen molar-refractivity contribution in [2.24, 2.45) is 5.92 Å². The van der Waals surface area contributed by atoms with E-state index in [-0.39, 0.29) is 0 Å². The van der Waals surface area contributed by atoms with Gasteiger partial charge < -0.3 is 0 Å². The van der Waals surface area contributed by atoms with Gasteiger partial charge in [-0.3, -0.25) is 9.88 Å². The van der Waals surface area contributed by atoms with Crippen molar-refractivity contribution >= 4 is 0 Å². The third-order valence-electron chi connectivity index (χ3n) is 2.42. The summed E-state index contributed by atoms with van der Waals surface area (Å²) in [6, 6.07) is 2.13. The van der Waals surface area contributed by atoms with Crippen LogP contribution in [-0.4, -0.2) is 16.4 Å². The maximum Gasteiger partial charge on any atom is 0.0316 e. The van der Waals surface area contributed by atoms with E-state index in [4.69, 9.17) is 0 Å². The highest BCUT2D eigenvalue weighted by Crippen LogP contribution is 2.21. The molecule has 0 saturated heterocycles. The van der Waals surface area contributed by atoms with Gasteiger partial charge in [-0.05, 0) is 23.1 Å². The maximum atomic E-state index is 4.14. The minimum atomic E-state index is 0.752. The van der Waals surface area contributed by atoms with E-state index in [2.05, 4.69) is 29.8 Å². The Balaban J connectivity index is 2.05. The lowest BCUT2D eigenvalue weighted by Gasteiger charge is -2.16. The molecule has 2 heterocycles. The Morgan fingerprint density at radius 2 is 2.15 bits per heavy atom. The summed E-state index contributed by atoms with van der Waals surface area (Å²) in [5, 5.41) is 0. The van der Waals surface area contributed by atoms with Crippen LogP contribution in [0.2, 0.25) is 0 Å². The van der Waals surface area contributed by atoms with Crippen LogP contribution in [-0.2, 0) is 13.1 Å². The summed E-state index contributed by atoms with van der Waals surface area (Å²) in [7, 11) is 0. The average molecular weight is 176 g/mol. The number of pyridine rings is 1. The summed E-state index contributed by atoms with van der Waals surface area (Å²) in [6.45, 7) is 7.91. The first-order chi connectivity index (χ1) is 6.25. The van der Waals surface area contributed by atoms with Gasteiger partial charge in [0.25, 0.3) is 0 Å². The number of nitrogens with zero attached hydrogens (tertiary/aromatic N) is 2. The van der Waals surface area contributed by atoms with Crippen LogP contribution >= 0.6 is 0 Å². The standard InChI is InChI=1S/C11H16N2/c1-9(2)6-13-7-10-3-4-12-5-11(10)8-13/h3-5,9H,6-8H2,1-2H3. The van der Waals surface area contributed by atoms with Crippen LogP contribution in [0.25, 0.3) is 0 Å². The van der Waals surface area contributed by atoms with Gasteiger partial charge in [0.15, 0.2) is 0 Å². The molecule has 13 heavy (non-hydrogen) atoms. The van der Waals surface area contributed by atoms with Crippen LogP contribution in [0.3, 0.4) is 0 Å². The molecule has 0 spiro atoms. The van der Waals surface area contributed by atoms with Crippen LogP contribution < -0.4 is 0 Å². The molecule has 70 valence electrons. The second-order valence-electron chi connectivity index (χ2n) is 4.21. The third kappa shape index (κ3) is 1.89. The van der Waals surface area contributed by atoms with Crippen LogP contribution in [0.15, 0.2) is 18.5 Å². The van der Waals surface area contributed by atoms with Crippen LogP contribution in [0, 0.1) is 5.92 Å². The van der Waals surface area contributed by atoms with Crippen LogP contribution in [0.1, 0.15) is 25.0 Å². The number of hydrogen-bond acceptors (Lipinski definition) is 2. The molecule has 2 nitrogen and oxygen atoms in total. The molecule has 0 amide bonds. The molecule has 0 saturated carbocycles. The van der Waals surface area contributed by atoms with Gasteiger partial charge in [-0.15, -0.1) is 0 Å². The van der Waals surface area contributed by atoms with Gasteiger partial charge >= 0.3 is 0 Å². The molecule has 1 aliphatic heterocycles. The quantitative estimate of drug-likeness (QED) is 0.685. The van der Waals surface area contributed by atoms with E-state index < -0.39 is 0 Å². The van der Waals surface area contributed by atoms with Crippen molar-refractivity contribution in [3.63, 3.8) is 0 Å². The lowest BCUT2D eigenvalue weighted by Crippen LogP contribution is -2.21. The molecule has 0 unspecified atom stereocenters. The summed E-state index contributed by atoms with van der Waals surface area (Å²) < 4.78 is 0. The molecule has 0 bridgehead atoms. The molecule has 0 radical (unpaired) electrons. The van der Waals surface area contributed by atoms with Crippen molar-refractivity contribution in [3.8, 4) is 0 Å². The molecule has 0 fully saturated rings. The lowest BCUT2D eigenvalue weighted by molar-refractivity contribution is 0.251. The SMILES string of the molecule is CC(C)CN1Cc2ccncc2C1. The first kappa shape index (κ1) is 8.70. The maximum absolute atomic E-state index is 4.14. The van der Waals surface area contributed by atoms with E-state index >= 15 is 0 Å². The first-order valence-electron chi connectivity index (χ1n) is 4.90. The van der Waals surface area contributed by atoms with E-state index in [1.165, 1.54) is 17.7 Å². The molecule has 1 aromatic rings. The number of rotatable bonds is 2. The zero-order chi connectivity index (χ0) is 9.26. The second-order valence-corrected chi connectivity index (χ2v) is 4.21. The minimum absolute atomic E-state index is 0.752. The Morgan fingerprint density at radius 3 is 2.85 bits per heavy atom. The smallest absolute Gasteiger partial charge is 0.0316 e. The van der Waals surface area contributed by atoms with Crippen molar-refractivity contribution in [3.05, 3.63) is 29.6 Å². The molecule has 0 aliphatic carbocycles. The largest absolute Gasteiger partial charge is 0.294 e. The Hall–Kier alpha value is -0.890. The Labute approximate surface area is 79.6 Å². The highest BCUT2D eigenvalue weighted by molar-refractivity contribution is 5.26. The molecule has 0 N–H and O–H groups in total. The Bertz CT molecular complexity index is 269. The molecular weight excluding hydrogens is 160 g/mol. The summed E-state index contributed by atoms with van der Waals surface area (Å²) >= 11 is 0. The fourth-order valence-corrected chi connectivity index (χ4v) is 1.94. The summed E-state index contributed by atoms with van der Waals surface area (Å²) in [5.41, 5.74) is 2.86. The van der Waals surface area contributed by atoms with Gasteiger partial charge in [0.2, 0.25) is 0 Å². The number of fused-ring (bicyclic) bond motifs is 1. The van der Waals surface area contributed by atoms with E-state index in [1.807, 2.05) is 12.4 Å². The number of aromatic nitrogens is 1. The van der Waals surface area contributed by atoms with E-state index in [1.54, 1.807) is 0 Å². The molecule has 1 aliphatic rings. The highest BCUT2D eigenvalue weighted by atomic mass is 15.1. The van der Waals surface area contributed by atoms with Crippen LogP contribution in [0.4, 0.5) is 0 Å². The first-order valence-corrected chi connectivity index (χ1v) is 4.90. The predicted octanol–water partition coefficient (Wildman–Crippen LogP) is 2.05. The summed E-state index contributed by atoms with van der Waals surface area (Å²) in [6.07, 6.45) is 3.88. The van der Waals surface area contributed by atoms with Crippen molar-refractivity contribution < 1.29 is 0 Å². The van der Waals surface area contributed by atoms with Gasteiger partial charge in [-0.1, -0.05) is 13.8 Å². The predicted molar refractivity (Wildman–Crippen MR) is 53.2 cm³/mol. The van der Waals surface area contributed by atoms with Crippen LogP contribution in [0.5, 0.6) is 0 Å². The third-order valence-corrected chi connectivity index (χ3v) is 2.42. The van der Waals surface area contributed by atoms with Gasteiger partial charge in [-0.25, -0.2) is 0 Å².